The minimum Gasteiger partial charge on any atom is -0.352 e. The molecule has 0 radical (unpaired) electrons. The van der Waals surface area contributed by atoms with E-state index in [9.17, 15) is 0 Å². The normalized spacial score (nSPS) is 19.4. The molecule has 82 valence electrons. The van der Waals surface area contributed by atoms with Gasteiger partial charge in [-0.1, -0.05) is 6.58 Å². The lowest BCUT2D eigenvalue weighted by molar-refractivity contribution is 0.162. The molecule has 0 aliphatic carbocycles. The first-order valence-corrected chi connectivity index (χ1v) is 5.38. The third-order valence-electron chi connectivity index (χ3n) is 2.79. The van der Waals surface area contributed by atoms with Crippen molar-refractivity contribution < 1.29 is 0 Å². The quantitative estimate of drug-likeness (QED) is 0.588. The molecule has 1 saturated heterocycles. The maximum absolute atomic E-state index is 4.20. The summed E-state index contributed by atoms with van der Waals surface area (Å²) in [5, 5.41) is 0. The molecule has 0 aromatic rings. The number of rotatable bonds is 0. The van der Waals surface area contributed by atoms with E-state index in [0.29, 0.717) is 0 Å². The molecule has 1 heterocycles. The van der Waals surface area contributed by atoms with E-state index in [1.807, 2.05) is 0 Å². The van der Waals surface area contributed by atoms with Gasteiger partial charge < -0.3 is 9.80 Å². The molecule has 0 bridgehead atoms. The highest BCUT2D eigenvalue weighted by molar-refractivity contribution is 5.08. The lowest BCUT2D eigenvalue weighted by Crippen LogP contribution is -2.42. The highest BCUT2D eigenvalue weighted by Gasteiger charge is 2.35. The van der Waals surface area contributed by atoms with Crippen molar-refractivity contribution in [2.45, 2.75) is 52.6 Å². The van der Waals surface area contributed by atoms with Crippen LogP contribution >= 0.6 is 0 Å². The first-order chi connectivity index (χ1) is 6.14. The summed E-state index contributed by atoms with van der Waals surface area (Å²) in [6, 6.07) is 0. The van der Waals surface area contributed by atoms with Gasteiger partial charge in [0.1, 0.15) is 0 Å². The summed E-state index contributed by atoms with van der Waals surface area (Å²) < 4.78 is 0. The van der Waals surface area contributed by atoms with Crippen LogP contribution in [0.4, 0.5) is 0 Å². The molecular formula is C12H24N2. The highest BCUT2D eigenvalue weighted by atomic mass is 15.4. The van der Waals surface area contributed by atoms with Gasteiger partial charge in [0.25, 0.3) is 0 Å². The first-order valence-electron chi connectivity index (χ1n) is 5.38. The molecule has 0 amide bonds. The highest BCUT2D eigenvalue weighted by Crippen LogP contribution is 2.31. The van der Waals surface area contributed by atoms with Crippen LogP contribution in [0.5, 0.6) is 0 Å². The van der Waals surface area contributed by atoms with E-state index in [2.05, 4.69) is 57.9 Å². The zero-order chi connectivity index (χ0) is 11.1. The molecule has 1 fully saturated rings. The molecule has 14 heavy (non-hydrogen) atoms. The molecule has 0 atom stereocenters. The van der Waals surface area contributed by atoms with Crippen LogP contribution < -0.4 is 0 Å². The topological polar surface area (TPSA) is 6.48 Å². The lowest BCUT2D eigenvalue weighted by atomic mass is 10.1. The Morgan fingerprint density at radius 2 is 1.14 bits per heavy atom. The minimum absolute atomic E-state index is 0.192. The van der Waals surface area contributed by atoms with E-state index < -0.39 is 0 Å². The number of nitrogens with zero attached hydrogens (tertiary/aromatic N) is 2. The second-order valence-electron chi connectivity index (χ2n) is 6.06. The van der Waals surface area contributed by atoms with E-state index >= 15 is 0 Å². The molecule has 1 rings (SSSR count). The van der Waals surface area contributed by atoms with Crippen LogP contribution in [-0.4, -0.2) is 34.0 Å². The predicted molar refractivity (Wildman–Crippen MR) is 62.1 cm³/mol. The zero-order valence-corrected chi connectivity index (χ0v) is 10.5. The SMILES string of the molecule is C=C1N(C(C)(C)C)CCN1C(C)(C)C. The van der Waals surface area contributed by atoms with Crippen molar-refractivity contribution >= 4 is 0 Å². The fourth-order valence-corrected chi connectivity index (χ4v) is 2.05. The smallest absolute Gasteiger partial charge is 0.0975 e. The van der Waals surface area contributed by atoms with Gasteiger partial charge in [-0.05, 0) is 41.5 Å². The van der Waals surface area contributed by atoms with Gasteiger partial charge in [0, 0.05) is 24.2 Å². The van der Waals surface area contributed by atoms with E-state index in [0.717, 1.165) is 13.1 Å². The van der Waals surface area contributed by atoms with Crippen molar-refractivity contribution in [3.8, 4) is 0 Å². The van der Waals surface area contributed by atoms with Gasteiger partial charge >= 0.3 is 0 Å². The van der Waals surface area contributed by atoms with Crippen molar-refractivity contribution in [2.24, 2.45) is 0 Å². The Hall–Kier alpha value is -0.660. The third kappa shape index (κ3) is 2.05. The zero-order valence-electron chi connectivity index (χ0n) is 10.5. The fourth-order valence-electron chi connectivity index (χ4n) is 2.05. The average molecular weight is 196 g/mol. The molecule has 1 aliphatic heterocycles. The van der Waals surface area contributed by atoms with Crippen molar-refractivity contribution in [2.75, 3.05) is 13.1 Å². The Morgan fingerprint density at radius 3 is 1.29 bits per heavy atom. The average Bonchev–Trinajstić information content (AvgIpc) is 2.26. The Bertz CT molecular complexity index is 206. The van der Waals surface area contributed by atoms with Gasteiger partial charge in [-0.2, -0.15) is 0 Å². The number of hydrogen-bond donors (Lipinski definition) is 0. The van der Waals surface area contributed by atoms with E-state index in [4.69, 9.17) is 0 Å². The van der Waals surface area contributed by atoms with Gasteiger partial charge in [0.2, 0.25) is 0 Å². The van der Waals surface area contributed by atoms with Crippen molar-refractivity contribution in [1.82, 2.24) is 9.80 Å². The van der Waals surface area contributed by atoms with Crippen molar-refractivity contribution in [3.63, 3.8) is 0 Å². The van der Waals surface area contributed by atoms with Gasteiger partial charge in [0.05, 0.1) is 5.82 Å². The van der Waals surface area contributed by atoms with Crippen LogP contribution in [-0.2, 0) is 0 Å². The van der Waals surface area contributed by atoms with Crippen molar-refractivity contribution in [1.29, 1.82) is 0 Å². The maximum Gasteiger partial charge on any atom is 0.0975 e. The summed E-state index contributed by atoms with van der Waals surface area (Å²) in [4.78, 5) is 4.77. The fraction of sp³-hybridized carbons (Fsp3) is 0.833. The number of hydrogen-bond acceptors (Lipinski definition) is 2. The summed E-state index contributed by atoms with van der Waals surface area (Å²) in [5.74, 6) is 1.17. The van der Waals surface area contributed by atoms with Crippen LogP contribution in [0.15, 0.2) is 12.4 Å². The molecule has 0 N–H and O–H groups in total. The second-order valence-corrected chi connectivity index (χ2v) is 6.06. The van der Waals surface area contributed by atoms with Crippen molar-refractivity contribution in [3.05, 3.63) is 12.4 Å². The van der Waals surface area contributed by atoms with E-state index in [1.54, 1.807) is 0 Å². The summed E-state index contributed by atoms with van der Waals surface area (Å²) in [5.41, 5.74) is 0.383. The summed E-state index contributed by atoms with van der Waals surface area (Å²) in [6.45, 7) is 19.8. The Labute approximate surface area is 88.6 Å². The summed E-state index contributed by atoms with van der Waals surface area (Å²) in [6.07, 6.45) is 0. The second kappa shape index (κ2) is 3.18. The molecule has 1 aliphatic rings. The van der Waals surface area contributed by atoms with Gasteiger partial charge in [-0.3, -0.25) is 0 Å². The van der Waals surface area contributed by atoms with Crippen LogP contribution in [0.2, 0.25) is 0 Å². The van der Waals surface area contributed by atoms with Gasteiger partial charge in [0.15, 0.2) is 0 Å². The summed E-state index contributed by atoms with van der Waals surface area (Å²) >= 11 is 0. The molecule has 2 heteroatoms. The molecular weight excluding hydrogens is 172 g/mol. The monoisotopic (exact) mass is 196 g/mol. The van der Waals surface area contributed by atoms with E-state index in [1.165, 1.54) is 5.82 Å². The van der Waals surface area contributed by atoms with Crippen LogP contribution in [0, 0.1) is 0 Å². The van der Waals surface area contributed by atoms with Crippen LogP contribution in [0.25, 0.3) is 0 Å². The minimum atomic E-state index is 0.192. The molecule has 0 aromatic heterocycles. The molecule has 0 saturated carbocycles. The lowest BCUT2D eigenvalue weighted by Gasteiger charge is -2.39. The van der Waals surface area contributed by atoms with E-state index in [-0.39, 0.29) is 11.1 Å². The Balaban J connectivity index is 2.80. The summed E-state index contributed by atoms with van der Waals surface area (Å²) in [7, 11) is 0. The Morgan fingerprint density at radius 1 is 0.857 bits per heavy atom. The molecule has 2 nitrogen and oxygen atoms in total. The molecule has 0 unspecified atom stereocenters. The third-order valence-corrected chi connectivity index (χ3v) is 2.79. The molecule has 0 spiro atoms. The largest absolute Gasteiger partial charge is 0.352 e. The maximum atomic E-state index is 4.20. The van der Waals surface area contributed by atoms with Crippen LogP contribution in [0.1, 0.15) is 41.5 Å². The predicted octanol–water partition coefficient (Wildman–Crippen LogP) is 2.67. The molecule has 0 aromatic carbocycles. The first kappa shape index (κ1) is 11.4. The van der Waals surface area contributed by atoms with Crippen LogP contribution in [0.3, 0.4) is 0 Å². The standard InChI is InChI=1S/C12H24N2/c1-10-13(11(2,3)4)8-9-14(10)12(5,6)7/h1,8-9H2,2-7H3. The van der Waals surface area contributed by atoms with Gasteiger partial charge in [-0.25, -0.2) is 0 Å². The van der Waals surface area contributed by atoms with Gasteiger partial charge in [-0.15, -0.1) is 0 Å². The Kier molecular flexibility index (Phi) is 2.59.